The molecule has 10 amide bonds. The van der Waals surface area contributed by atoms with E-state index in [0.29, 0.717) is 47.0 Å². The lowest BCUT2D eigenvalue weighted by atomic mass is 9.89. The first-order valence-electron chi connectivity index (χ1n) is 41.6. The van der Waals surface area contributed by atoms with Gasteiger partial charge in [0.15, 0.2) is 0 Å². The number of hydrogen-bond acceptors (Lipinski definition) is 40. The predicted octanol–water partition coefficient (Wildman–Crippen LogP) is -12.7. The Morgan fingerprint density at radius 1 is 0.318 bits per heavy atom. The van der Waals surface area contributed by atoms with Crippen molar-refractivity contribution in [1.82, 2.24) is 63.0 Å². The third kappa shape index (κ3) is 37.8. The van der Waals surface area contributed by atoms with Gasteiger partial charge in [-0.2, -0.15) is 0 Å². The number of hydrogen-bond donors (Lipinski definition) is 30. The van der Waals surface area contributed by atoms with Gasteiger partial charge < -0.3 is 174 Å². The third-order valence-corrected chi connectivity index (χ3v) is 26.1. The number of aliphatic carboxylic acids is 4. The van der Waals surface area contributed by atoms with Crippen LogP contribution in [0.15, 0.2) is 0 Å². The van der Waals surface area contributed by atoms with Crippen LogP contribution in [0.5, 0.6) is 0 Å². The number of thioether (sulfide) groups is 4. The highest BCUT2D eigenvalue weighted by Gasteiger charge is 2.59. The molecular weight excluding hydrogens is 1810 g/mol. The summed E-state index contributed by atoms with van der Waals surface area (Å²) in [5.41, 5.74) is 0. The summed E-state index contributed by atoms with van der Waals surface area (Å²) in [7, 11) is 0. The van der Waals surface area contributed by atoms with Gasteiger partial charge in [0.2, 0.25) is 78.8 Å². The Morgan fingerprint density at radius 2 is 0.504 bits per heavy atom. The van der Waals surface area contributed by atoms with E-state index in [1.807, 2.05) is 0 Å². The van der Waals surface area contributed by atoms with Crippen molar-refractivity contribution in [1.29, 1.82) is 0 Å². The number of carbonyl (C=O) groups excluding carboxylic acids is 10. The monoisotopic (exact) mass is 1930 g/mol. The fourth-order valence-electron chi connectivity index (χ4n) is 14.5. The first-order valence-corrected chi connectivity index (χ1v) is 45.5. The molecule has 0 aromatic heterocycles. The normalized spacial score (nSPS) is 27.6. The molecule has 129 heavy (non-hydrogen) atoms. The summed E-state index contributed by atoms with van der Waals surface area (Å²) in [6.45, 7) is 0.249. The number of ether oxygens (including phenoxy) is 4. The minimum atomic E-state index is -2.39. The topological polar surface area (TPSA) is 807 Å². The molecule has 0 aromatic carbocycles. The fourth-order valence-corrected chi connectivity index (χ4v) is 18.8. The van der Waals surface area contributed by atoms with Crippen LogP contribution in [0.4, 0.5) is 0 Å². The highest BCUT2D eigenvalue weighted by molar-refractivity contribution is 8.02. The highest BCUT2D eigenvalue weighted by atomic mass is 32.2. The Hall–Kier alpha value is -6.90. The maximum absolute atomic E-state index is 13.7. The van der Waals surface area contributed by atoms with Gasteiger partial charge in [-0.25, -0.2) is 19.2 Å². The first-order chi connectivity index (χ1) is 60.6. The van der Waals surface area contributed by atoms with E-state index >= 15 is 0 Å². The molecule has 4 heterocycles. The van der Waals surface area contributed by atoms with E-state index in [9.17, 15) is 169 Å². The van der Waals surface area contributed by atoms with E-state index in [-0.39, 0.29) is 111 Å². The molecule has 0 unspecified atom stereocenters. The number of carboxylic acids is 4. The molecule has 24 atom stereocenters. The second kappa shape index (κ2) is 56.3. The summed E-state index contributed by atoms with van der Waals surface area (Å²) in [5.74, 6) is -16.0. The lowest BCUT2D eigenvalue weighted by Gasteiger charge is -2.46. The molecule has 50 nitrogen and oxygen atoms in total. The smallest absolute Gasteiger partial charge is 0.346 e. The quantitative estimate of drug-likeness (QED) is 0.0251. The van der Waals surface area contributed by atoms with Crippen LogP contribution in [-0.2, 0) is 86.1 Å². The summed E-state index contributed by atoms with van der Waals surface area (Å²) in [6, 6.07) is -5.54. The minimum Gasteiger partial charge on any atom is -0.478 e. The van der Waals surface area contributed by atoms with Crippen LogP contribution in [-0.4, -0.2) is 464 Å². The zero-order valence-electron chi connectivity index (χ0n) is 71.7. The number of amides is 10. The number of aliphatic hydroxyl groups excluding tert-OH is 16. The van der Waals surface area contributed by atoms with Gasteiger partial charge in [-0.1, -0.05) is 0 Å². The summed E-state index contributed by atoms with van der Waals surface area (Å²) < 4.78 is 23.4. The van der Waals surface area contributed by atoms with Crippen LogP contribution < -0.4 is 53.2 Å². The summed E-state index contributed by atoms with van der Waals surface area (Å²) in [5, 5.41) is 234. The fraction of sp³-hybridized carbons (Fsp3) is 0.813. The van der Waals surface area contributed by atoms with E-state index < -0.39 is 325 Å². The van der Waals surface area contributed by atoms with Crippen LogP contribution >= 0.6 is 47.0 Å². The van der Waals surface area contributed by atoms with Gasteiger partial charge in [0.05, 0.1) is 160 Å². The van der Waals surface area contributed by atoms with Crippen molar-refractivity contribution in [3.8, 4) is 0 Å². The number of carbonyl (C=O) groups is 14. The molecule has 0 aromatic rings. The van der Waals surface area contributed by atoms with Gasteiger partial charge in [0.25, 0.3) is 0 Å². The summed E-state index contributed by atoms with van der Waals surface area (Å²) in [4.78, 5) is 174. The van der Waals surface area contributed by atoms with E-state index in [1.54, 1.807) is 9.80 Å². The average Bonchev–Trinajstić information content (AvgIpc) is 0.786. The van der Waals surface area contributed by atoms with Gasteiger partial charge in [0.1, 0.15) is 24.4 Å². The first kappa shape index (κ1) is 114. The second-order valence-electron chi connectivity index (χ2n) is 31.7. The maximum Gasteiger partial charge on any atom is 0.346 e. The zero-order valence-corrected chi connectivity index (χ0v) is 75.0. The van der Waals surface area contributed by atoms with Crippen LogP contribution in [0.25, 0.3) is 0 Å². The molecule has 0 bridgehead atoms. The molecule has 0 aliphatic carbocycles. The molecule has 54 heteroatoms. The minimum absolute atomic E-state index is 0.0357. The SMILES string of the molecule is CC(=O)N[C@H]1[C@H]([C@@H](O)C[C@H](O)CO)O[C@@](SCC(=O)NCCCN(CCCNC(=O)CS[C@]2(C(=O)O)C[C@H](O)[C@@H](NC(C)=O)[C@H]([C@@H](O)C[C@H](O)CO)O2)CC(=O)NCCCNC(=O)CN(CCCNC(=O)CS[C@]2(C(=O)O)C[C@H](O)[C@@H](NC(C)=O)[C@H]([C@@H](O)C[C@H](O)CO)O2)CCCNC(=O)CS[C@]2(C(=O)O)C[C@H](O)[C@@H](NC(C)=O)[C@H]([C@@H](O)C[C@H](O)CO)O2)(C(=O)O)C[C@@H]1O. The Kier molecular flexibility index (Phi) is 50.0. The molecular formula is C75H128N12O38S4. The van der Waals surface area contributed by atoms with Crippen molar-refractivity contribution in [3.63, 3.8) is 0 Å². The average molecular weight is 1930 g/mol. The molecule has 4 aliphatic heterocycles. The zero-order chi connectivity index (χ0) is 96.8. The Morgan fingerprint density at radius 3 is 0.682 bits per heavy atom. The van der Waals surface area contributed by atoms with Crippen molar-refractivity contribution in [2.24, 2.45) is 0 Å². The number of nitrogens with one attached hydrogen (secondary N) is 10. The number of aliphatic hydroxyl groups is 16. The Balaban J connectivity index is 1.47. The molecule has 30 N–H and O–H groups in total. The molecule has 740 valence electrons. The van der Waals surface area contributed by atoms with Gasteiger partial charge in [-0.05, 0) is 32.1 Å². The van der Waals surface area contributed by atoms with Crippen molar-refractivity contribution in [3.05, 3.63) is 0 Å². The molecule has 4 fully saturated rings. The van der Waals surface area contributed by atoms with E-state index in [4.69, 9.17) is 18.9 Å². The standard InChI is InChI=1S/C75H128N12O38S4/c1-38(92)82-60-50(104)24-72(68(114)115,122-64(60)46(100)20-42(96)30-88)126-34-56(110)78-12-6-16-86(17-7-13-79-57(111)35-127-73(69(116)117)25-51(105)61(83-39(2)93)65(123-73)47(101)21-43(97)31-89)28-54(108)76-10-5-11-77-55(109)29-87(18-8-14-80-58(112)36-128-74(70(118)119)26-52(106)62(84-40(3)94)66(124-74)48(102)22-44(98)32-90)19-9-15-81-59(113)37-129-75(71(120)121)27-53(107)63(85-41(4)95)67(125-75)49(103)23-45(99)33-91/h42-53,60-67,88-91,96-107H,5-37H2,1-4H3,(H,76,108)(H,77,109)(H,78,110)(H,79,111)(H,80,112)(H,81,113)(H,82,92)(H,83,93)(H,84,94)(H,85,95)(H,114,115)(H,116,117)(H,118,119)(H,120,121)/t42-,43-,44-,45-,46-,47-,48-,49-,50-,51-,52-,53-,60+,61+,62+,63+,64-,65-,66-,67-,72-,73-,74-,75-/m0/s1. The van der Waals surface area contributed by atoms with Crippen molar-refractivity contribution in [2.45, 2.75) is 253 Å². The predicted molar refractivity (Wildman–Crippen MR) is 453 cm³/mol. The largest absolute Gasteiger partial charge is 0.478 e. The van der Waals surface area contributed by atoms with Crippen LogP contribution in [0, 0.1) is 0 Å². The molecule has 0 radical (unpaired) electrons. The van der Waals surface area contributed by atoms with E-state index in [0.717, 1.165) is 27.7 Å². The van der Waals surface area contributed by atoms with Gasteiger partial charge in [0, 0.05) is 145 Å². The van der Waals surface area contributed by atoms with Crippen LogP contribution in [0.3, 0.4) is 0 Å². The highest BCUT2D eigenvalue weighted by Crippen LogP contribution is 2.45. The molecule has 4 rings (SSSR count). The lowest BCUT2D eigenvalue weighted by Crippen LogP contribution is -2.65. The van der Waals surface area contributed by atoms with Crippen molar-refractivity contribution in [2.75, 3.05) is 128 Å². The lowest BCUT2D eigenvalue weighted by molar-refractivity contribution is -0.196. The number of rotatable bonds is 60. The molecule has 4 aliphatic rings. The maximum atomic E-state index is 13.7. The number of carboxylic acid groups (broad SMARTS) is 4. The van der Waals surface area contributed by atoms with Gasteiger partial charge >= 0.3 is 23.9 Å². The van der Waals surface area contributed by atoms with Gasteiger partial charge in [-0.15, -0.1) is 47.0 Å². The summed E-state index contributed by atoms with van der Waals surface area (Å²) >= 11 is 1.74. The summed E-state index contributed by atoms with van der Waals surface area (Å²) in [6.07, 6.45) is -30.8. The van der Waals surface area contributed by atoms with Crippen molar-refractivity contribution < 1.29 is 188 Å². The van der Waals surface area contributed by atoms with Crippen LogP contribution in [0.2, 0.25) is 0 Å². The Bertz CT molecular complexity index is 3220. The molecule has 0 spiro atoms. The van der Waals surface area contributed by atoms with E-state index in [1.165, 1.54) is 0 Å². The van der Waals surface area contributed by atoms with Crippen molar-refractivity contribution >= 4 is 130 Å². The second-order valence-corrected chi connectivity index (χ2v) is 36.6. The van der Waals surface area contributed by atoms with Gasteiger partial charge in [-0.3, -0.25) is 57.7 Å². The molecule has 4 saturated heterocycles. The van der Waals surface area contributed by atoms with E-state index in [2.05, 4.69) is 53.2 Å². The third-order valence-electron chi connectivity index (χ3n) is 20.9. The number of nitrogens with zero attached hydrogens (tertiary/aromatic N) is 2. The van der Waals surface area contributed by atoms with Crippen LogP contribution in [0.1, 0.15) is 111 Å². The Labute approximate surface area is 758 Å². The molecule has 0 saturated carbocycles.